The Morgan fingerprint density at radius 3 is 2.82 bits per heavy atom. The van der Waals surface area contributed by atoms with Gasteiger partial charge >= 0.3 is 0 Å². The van der Waals surface area contributed by atoms with Crippen LogP contribution in [0, 0.1) is 11.3 Å². The summed E-state index contributed by atoms with van der Waals surface area (Å²) in [5, 5.41) is 9.69. The van der Waals surface area contributed by atoms with Gasteiger partial charge in [-0.2, -0.15) is 5.26 Å². The van der Waals surface area contributed by atoms with Gasteiger partial charge < -0.3 is 4.98 Å². The molecule has 108 valence electrons. The number of rotatable bonds is 3. The Kier molecular flexibility index (Phi) is 4.23. The number of H-pyrrole nitrogens is 1. The number of halogens is 2. The van der Waals surface area contributed by atoms with E-state index in [1.54, 1.807) is 24.7 Å². The van der Waals surface area contributed by atoms with E-state index in [1.165, 1.54) is 0 Å². The number of alkyl halides is 1. The lowest BCUT2D eigenvalue weighted by Crippen LogP contribution is -1.98. The van der Waals surface area contributed by atoms with Crippen molar-refractivity contribution in [2.75, 3.05) is 0 Å². The van der Waals surface area contributed by atoms with Crippen molar-refractivity contribution in [1.29, 1.82) is 5.26 Å². The van der Waals surface area contributed by atoms with Crippen molar-refractivity contribution in [1.82, 2.24) is 15.0 Å². The molecule has 0 aliphatic heterocycles. The van der Waals surface area contributed by atoms with Crippen LogP contribution in [0.2, 0.25) is 5.02 Å². The van der Waals surface area contributed by atoms with E-state index in [2.05, 4.69) is 37.0 Å². The van der Waals surface area contributed by atoms with Gasteiger partial charge in [-0.15, -0.1) is 0 Å². The van der Waals surface area contributed by atoms with Gasteiger partial charge in [0.1, 0.15) is 5.69 Å². The molecule has 0 amide bonds. The van der Waals surface area contributed by atoms with Crippen LogP contribution < -0.4 is 0 Å². The zero-order chi connectivity index (χ0) is 15.5. The maximum absolute atomic E-state index is 9.02. The maximum Gasteiger partial charge on any atom is 0.111 e. The average molecular weight is 374 g/mol. The van der Waals surface area contributed by atoms with Crippen LogP contribution in [-0.2, 0) is 0 Å². The van der Waals surface area contributed by atoms with E-state index in [9.17, 15) is 0 Å². The van der Waals surface area contributed by atoms with Crippen LogP contribution in [-0.4, -0.2) is 15.0 Å². The summed E-state index contributed by atoms with van der Waals surface area (Å²) in [6.07, 6.45) is 3.21. The fourth-order valence-electron chi connectivity index (χ4n) is 2.17. The standard InChI is InChI=1S/C16H10BrClN4/c17-14(11-3-1-2-4-12(11)18)16-15(21-9-22-16)13-7-10(8-19)5-6-20-13/h1-7,9,14H,(H,21,22). The fourth-order valence-corrected chi connectivity index (χ4v) is 3.29. The molecule has 2 aromatic heterocycles. The van der Waals surface area contributed by atoms with Crippen LogP contribution in [0.4, 0.5) is 0 Å². The Hall–Kier alpha value is -2.16. The largest absolute Gasteiger partial charge is 0.347 e. The van der Waals surface area contributed by atoms with Gasteiger partial charge in [-0.1, -0.05) is 45.7 Å². The highest BCUT2D eigenvalue weighted by Gasteiger charge is 2.20. The molecule has 22 heavy (non-hydrogen) atoms. The Bertz CT molecular complexity index is 853. The molecule has 3 rings (SSSR count). The first-order valence-corrected chi connectivity index (χ1v) is 7.78. The quantitative estimate of drug-likeness (QED) is 0.688. The number of hydrogen-bond acceptors (Lipinski definition) is 3. The van der Waals surface area contributed by atoms with Crippen molar-refractivity contribution in [3.63, 3.8) is 0 Å². The lowest BCUT2D eigenvalue weighted by atomic mass is 10.1. The van der Waals surface area contributed by atoms with Crippen molar-refractivity contribution in [3.8, 4) is 17.5 Å². The summed E-state index contributed by atoms with van der Waals surface area (Å²) in [6, 6.07) is 13.1. The van der Waals surface area contributed by atoms with Crippen molar-refractivity contribution < 1.29 is 0 Å². The van der Waals surface area contributed by atoms with Crippen LogP contribution in [0.5, 0.6) is 0 Å². The molecule has 0 saturated carbocycles. The molecule has 0 spiro atoms. The monoisotopic (exact) mass is 372 g/mol. The van der Waals surface area contributed by atoms with Gasteiger partial charge in [0, 0.05) is 11.2 Å². The van der Waals surface area contributed by atoms with E-state index in [-0.39, 0.29) is 4.83 Å². The van der Waals surface area contributed by atoms with Crippen molar-refractivity contribution >= 4 is 27.5 Å². The number of nitrogens with zero attached hydrogens (tertiary/aromatic N) is 3. The third-order valence-corrected chi connectivity index (χ3v) is 4.53. The van der Waals surface area contributed by atoms with Crippen molar-refractivity contribution in [2.45, 2.75) is 4.83 Å². The first-order chi connectivity index (χ1) is 10.7. The predicted molar refractivity (Wildman–Crippen MR) is 88.8 cm³/mol. The minimum atomic E-state index is -0.147. The van der Waals surface area contributed by atoms with Crippen LogP contribution in [0.25, 0.3) is 11.4 Å². The highest BCUT2D eigenvalue weighted by Crippen LogP contribution is 2.37. The lowest BCUT2D eigenvalue weighted by molar-refractivity contribution is 1.09. The summed E-state index contributed by atoms with van der Waals surface area (Å²) in [7, 11) is 0. The molecule has 1 unspecified atom stereocenters. The number of nitrogens with one attached hydrogen (secondary N) is 1. The van der Waals surface area contributed by atoms with Crippen LogP contribution >= 0.6 is 27.5 Å². The van der Waals surface area contributed by atoms with Gasteiger partial charge in [-0.05, 0) is 23.8 Å². The topological polar surface area (TPSA) is 65.4 Å². The second-order valence-corrected chi connectivity index (χ2v) is 5.91. The van der Waals surface area contributed by atoms with E-state index in [0.29, 0.717) is 22.0 Å². The average Bonchev–Trinajstić information content (AvgIpc) is 3.04. The van der Waals surface area contributed by atoms with Gasteiger partial charge in [0.2, 0.25) is 0 Å². The predicted octanol–water partition coefficient (Wildman–Crippen LogP) is 4.48. The molecule has 0 bridgehead atoms. The lowest BCUT2D eigenvalue weighted by Gasteiger charge is -2.12. The van der Waals surface area contributed by atoms with E-state index in [1.807, 2.05) is 24.3 Å². The molecule has 1 atom stereocenters. The number of hydrogen-bond donors (Lipinski definition) is 1. The van der Waals surface area contributed by atoms with Gasteiger partial charge in [-0.25, -0.2) is 4.98 Å². The maximum atomic E-state index is 9.02. The van der Waals surface area contributed by atoms with Crippen LogP contribution in [0.1, 0.15) is 21.6 Å². The molecule has 2 heterocycles. The van der Waals surface area contributed by atoms with Gasteiger partial charge in [0.15, 0.2) is 0 Å². The summed E-state index contributed by atoms with van der Waals surface area (Å²) in [5.41, 5.74) is 3.66. The first-order valence-electron chi connectivity index (χ1n) is 6.49. The number of imidazole rings is 1. The van der Waals surface area contributed by atoms with Crippen molar-refractivity contribution in [3.05, 3.63) is 70.8 Å². The molecule has 0 radical (unpaired) electrons. The van der Waals surface area contributed by atoms with E-state index in [4.69, 9.17) is 16.9 Å². The third kappa shape index (κ3) is 2.76. The SMILES string of the molecule is N#Cc1ccnc(-c2nc[nH]c2C(Br)c2ccccc2Cl)c1. The Labute approximate surface area is 140 Å². The Morgan fingerprint density at radius 1 is 1.23 bits per heavy atom. The smallest absolute Gasteiger partial charge is 0.111 e. The van der Waals surface area contributed by atoms with Gasteiger partial charge in [0.25, 0.3) is 0 Å². The van der Waals surface area contributed by atoms with E-state index < -0.39 is 0 Å². The Morgan fingerprint density at radius 2 is 2.05 bits per heavy atom. The minimum Gasteiger partial charge on any atom is -0.347 e. The van der Waals surface area contributed by atoms with E-state index in [0.717, 1.165) is 11.3 Å². The number of aromatic amines is 1. The van der Waals surface area contributed by atoms with Gasteiger partial charge in [0.05, 0.1) is 34.2 Å². The fraction of sp³-hybridized carbons (Fsp3) is 0.0625. The summed E-state index contributed by atoms with van der Waals surface area (Å²) in [4.78, 5) is 11.6. The zero-order valence-corrected chi connectivity index (χ0v) is 13.6. The molecule has 3 aromatic rings. The van der Waals surface area contributed by atoms with E-state index >= 15 is 0 Å². The third-order valence-electron chi connectivity index (χ3n) is 3.23. The number of aromatic nitrogens is 3. The summed E-state index contributed by atoms with van der Waals surface area (Å²) in [6.45, 7) is 0. The molecular weight excluding hydrogens is 364 g/mol. The highest BCUT2D eigenvalue weighted by molar-refractivity contribution is 9.09. The number of benzene rings is 1. The number of nitriles is 1. The Balaban J connectivity index is 2.06. The molecular formula is C16H10BrClN4. The second kappa shape index (κ2) is 6.30. The van der Waals surface area contributed by atoms with Crippen molar-refractivity contribution in [2.24, 2.45) is 0 Å². The molecule has 0 saturated heterocycles. The normalized spacial score (nSPS) is 11.9. The number of pyridine rings is 1. The first kappa shape index (κ1) is 14.8. The molecule has 4 nitrogen and oxygen atoms in total. The molecule has 1 N–H and O–H groups in total. The zero-order valence-electron chi connectivity index (χ0n) is 11.3. The summed E-state index contributed by atoms with van der Waals surface area (Å²) >= 11 is 9.92. The highest BCUT2D eigenvalue weighted by atomic mass is 79.9. The molecule has 0 fully saturated rings. The van der Waals surface area contributed by atoms with Crippen LogP contribution in [0.15, 0.2) is 48.9 Å². The molecule has 0 aliphatic rings. The summed E-state index contributed by atoms with van der Waals surface area (Å²) < 4.78 is 0. The molecule has 1 aromatic carbocycles. The molecule has 0 aliphatic carbocycles. The minimum absolute atomic E-state index is 0.147. The second-order valence-electron chi connectivity index (χ2n) is 4.59. The van der Waals surface area contributed by atoms with Crippen LogP contribution in [0.3, 0.4) is 0 Å². The molecule has 6 heteroatoms. The van der Waals surface area contributed by atoms with Gasteiger partial charge in [-0.3, -0.25) is 4.98 Å². The summed E-state index contributed by atoms with van der Waals surface area (Å²) in [5.74, 6) is 0.